The summed E-state index contributed by atoms with van der Waals surface area (Å²) in [4.78, 5) is 134. The molecule has 0 saturated heterocycles. The Hall–Kier alpha value is -13.6. The molecule has 664 valence electrons. The molecule has 0 aliphatic heterocycles. The smallest absolute Gasteiger partial charge is 0.291 e. The lowest BCUT2D eigenvalue weighted by atomic mass is 9.93. The average molecular weight is 1730 g/mol. The number of benzene rings is 3. The third-order valence-corrected chi connectivity index (χ3v) is 19.1. The number of rotatable bonds is 48. The van der Waals surface area contributed by atoms with Gasteiger partial charge in [-0.05, 0) is 111 Å². The Morgan fingerprint density at radius 3 is 1.52 bits per heavy atom. The molecule has 8 amide bonds. The van der Waals surface area contributed by atoms with Gasteiger partial charge in [0.05, 0.1) is 129 Å². The molecule has 0 saturated carbocycles. The Labute approximate surface area is 716 Å². The van der Waals surface area contributed by atoms with Gasteiger partial charge in [0.15, 0.2) is 17.5 Å². The van der Waals surface area contributed by atoms with E-state index in [2.05, 4.69) is 72.8 Å². The zero-order chi connectivity index (χ0) is 89.3. The first-order chi connectivity index (χ1) is 60.0. The van der Waals surface area contributed by atoms with Crippen LogP contribution in [0.3, 0.4) is 0 Å². The second kappa shape index (κ2) is 44.0. The summed E-state index contributed by atoms with van der Waals surface area (Å²) in [5.41, 5.74) is 3.65. The van der Waals surface area contributed by atoms with Crippen LogP contribution < -0.4 is 57.6 Å². The molecule has 41 heteroatoms. The van der Waals surface area contributed by atoms with Gasteiger partial charge in [-0.2, -0.15) is 0 Å². The van der Waals surface area contributed by atoms with Crippen molar-refractivity contribution in [3.63, 3.8) is 0 Å². The molecule has 0 aliphatic rings. The second-order valence-electron chi connectivity index (χ2n) is 29.4. The van der Waals surface area contributed by atoms with E-state index < -0.39 is 52.9 Å². The van der Waals surface area contributed by atoms with E-state index in [0.29, 0.717) is 167 Å². The summed E-state index contributed by atoms with van der Waals surface area (Å²) in [5.74, 6) is -2.67. The molecule has 10 N–H and O–H groups in total. The normalized spacial score (nSPS) is 11.4. The number of H-pyrrole nitrogens is 1. The van der Waals surface area contributed by atoms with E-state index in [1.165, 1.54) is 71.9 Å². The fraction of sp³-hybridized carbons (Fsp3) is 0.381. The fourth-order valence-corrected chi connectivity index (χ4v) is 12.8. The molecule has 0 unspecified atom stereocenters. The van der Waals surface area contributed by atoms with Gasteiger partial charge >= 0.3 is 0 Å². The summed E-state index contributed by atoms with van der Waals surface area (Å²) in [7, 11) is 9.68. The first-order valence-corrected chi connectivity index (χ1v) is 40.0. The molecule has 3 aromatic carbocycles. The summed E-state index contributed by atoms with van der Waals surface area (Å²) >= 11 is 0. The van der Waals surface area contributed by atoms with Crippen LogP contribution in [0.1, 0.15) is 112 Å². The largest absolute Gasteiger partial charge is 0.491 e. The molecule has 0 radical (unpaired) electrons. The van der Waals surface area contributed by atoms with Crippen molar-refractivity contribution >= 4 is 86.9 Å². The average Bonchev–Trinajstić information content (AvgIpc) is 1.64. The lowest BCUT2D eigenvalue weighted by Crippen LogP contribution is -2.29. The van der Waals surface area contributed by atoms with Gasteiger partial charge in [0, 0.05) is 134 Å². The summed E-state index contributed by atoms with van der Waals surface area (Å²) in [6.45, 7) is 12.7. The molecular weight excluding hydrogens is 1630 g/mol. The number of imidazole rings is 3. The van der Waals surface area contributed by atoms with Gasteiger partial charge in [-0.15, -0.1) is 5.10 Å². The molecule has 8 heterocycles. The van der Waals surface area contributed by atoms with Crippen LogP contribution in [0.2, 0.25) is 0 Å². The predicted octanol–water partition coefficient (Wildman–Crippen LogP) is 6.18. The van der Waals surface area contributed by atoms with Crippen LogP contribution in [-0.4, -0.2) is 227 Å². The number of carbonyl (C=O) groups is 8. The number of pyridine rings is 1. The van der Waals surface area contributed by atoms with E-state index >= 15 is 0 Å². The number of fused-ring (bicyclic) bond motifs is 1. The first kappa shape index (κ1) is 92.2. The Morgan fingerprint density at radius 2 is 1.00 bits per heavy atom. The molecule has 0 aliphatic carbocycles. The summed E-state index contributed by atoms with van der Waals surface area (Å²) < 4.78 is 76.2. The van der Waals surface area contributed by atoms with Crippen molar-refractivity contribution in [3.8, 4) is 28.4 Å². The molecule has 11 aromatic rings. The quantitative estimate of drug-likeness (QED) is 0.0190. The van der Waals surface area contributed by atoms with E-state index in [1.807, 2.05) is 0 Å². The topological polar surface area (TPSA) is 468 Å². The monoisotopic (exact) mass is 1730 g/mol. The molecule has 0 atom stereocenters. The highest BCUT2D eigenvalue weighted by atomic mass is 19.1. The van der Waals surface area contributed by atoms with Crippen LogP contribution in [0.15, 0.2) is 127 Å². The maximum Gasteiger partial charge on any atom is 0.291 e. The third-order valence-electron chi connectivity index (χ3n) is 19.1. The Balaban J connectivity index is 0.464. The van der Waals surface area contributed by atoms with Crippen LogP contribution >= 0.6 is 0 Å². The van der Waals surface area contributed by atoms with Crippen LogP contribution in [0, 0.1) is 19.7 Å². The molecule has 0 spiro atoms. The minimum Gasteiger partial charge on any atom is -0.491 e. The van der Waals surface area contributed by atoms with Crippen molar-refractivity contribution in [2.45, 2.75) is 59.2 Å². The van der Waals surface area contributed by atoms with Crippen LogP contribution in [0.4, 0.5) is 33.1 Å². The Kier molecular flexibility index (Phi) is 32.4. The van der Waals surface area contributed by atoms with E-state index in [-0.39, 0.29) is 108 Å². The molecule has 40 nitrogen and oxygen atoms in total. The predicted molar refractivity (Wildman–Crippen MR) is 455 cm³/mol. The van der Waals surface area contributed by atoms with Gasteiger partial charge < -0.3 is 123 Å². The Morgan fingerprint density at radius 1 is 0.496 bits per heavy atom. The van der Waals surface area contributed by atoms with Crippen LogP contribution in [-0.2, 0) is 104 Å². The third kappa shape index (κ3) is 26.3. The minimum absolute atomic E-state index is 0.0192. The number of hydrogen-bond donors (Lipinski definition) is 10. The van der Waals surface area contributed by atoms with Crippen molar-refractivity contribution in [3.05, 3.63) is 195 Å². The minimum atomic E-state index is -1.23. The number of hydrogen-bond acceptors (Lipinski definition) is 24. The maximum atomic E-state index is 14.3. The van der Waals surface area contributed by atoms with Crippen molar-refractivity contribution in [2.24, 2.45) is 42.3 Å². The van der Waals surface area contributed by atoms with Gasteiger partial charge in [0.1, 0.15) is 58.0 Å². The summed E-state index contributed by atoms with van der Waals surface area (Å²) in [6.07, 6.45) is 12.2. The van der Waals surface area contributed by atoms with E-state index in [4.69, 9.17) is 42.6 Å². The first-order valence-electron chi connectivity index (χ1n) is 40.0. The molecule has 11 rings (SSSR count). The number of aromatic nitrogens is 13. The highest BCUT2D eigenvalue weighted by Crippen LogP contribution is 2.41. The fourth-order valence-electron chi connectivity index (χ4n) is 12.8. The number of aromatic amines is 1. The number of nitrogens with one attached hydrogen (secondary N) is 9. The summed E-state index contributed by atoms with van der Waals surface area (Å²) in [6, 6.07) is 19.4. The zero-order valence-electron chi connectivity index (χ0n) is 70.9. The van der Waals surface area contributed by atoms with E-state index in [0.717, 1.165) is 0 Å². The second-order valence-corrected chi connectivity index (χ2v) is 29.4. The number of aliphatic hydroxyl groups is 1. The molecule has 0 fully saturated rings. The van der Waals surface area contributed by atoms with Gasteiger partial charge in [0.2, 0.25) is 23.5 Å². The van der Waals surface area contributed by atoms with Gasteiger partial charge in [-0.25, -0.2) is 24.0 Å². The number of carbonyl (C=O) groups excluding carboxylic acids is 8. The maximum absolute atomic E-state index is 14.3. The zero-order valence-corrected chi connectivity index (χ0v) is 70.9. The van der Waals surface area contributed by atoms with E-state index in [9.17, 15) is 52.6 Å². The van der Waals surface area contributed by atoms with Gasteiger partial charge in [-0.1, -0.05) is 11.3 Å². The Bertz CT molecular complexity index is 5650. The van der Waals surface area contributed by atoms with Crippen molar-refractivity contribution < 1.29 is 90.5 Å². The molecule has 125 heavy (non-hydrogen) atoms. The SMILES string of the molecule is Cc1cc(F)cc(C)c1Oc1ccc(C(C)(C)O)cc1-c1cn(C)c(=O)c2[nH]c(C(=O)Nc3ccc(OCCOCCOCCOCCOCCOCCOCCOCCn4cc(CNC(=O)c5nc(NC(=O)CCNC(=O)c6cc(NC(=O)c7nc(NC(=O)CCNC(=O)c8cc(NC(=O)c9nccn9C)cn8C)cn7C)cn6C)cn5C)nn4)cc3)cc12. The molecule has 0 bridgehead atoms. The van der Waals surface area contributed by atoms with Crippen molar-refractivity contribution in [2.75, 3.05) is 139 Å². The van der Waals surface area contributed by atoms with E-state index in [1.54, 1.807) is 153 Å². The van der Waals surface area contributed by atoms with Crippen molar-refractivity contribution in [1.82, 2.24) is 78.3 Å². The van der Waals surface area contributed by atoms with Crippen LogP contribution in [0.25, 0.3) is 22.0 Å². The number of nitrogens with zero attached hydrogens (tertiary/aromatic N) is 12. The lowest BCUT2D eigenvalue weighted by Gasteiger charge is -2.22. The highest BCUT2D eigenvalue weighted by molar-refractivity contribution is 6.09. The number of anilines is 5. The lowest BCUT2D eigenvalue weighted by molar-refractivity contribution is -0.116. The number of amides is 8. The summed E-state index contributed by atoms with van der Waals surface area (Å²) in [5, 5.41) is 41.3. The number of halogens is 1. The van der Waals surface area contributed by atoms with Crippen molar-refractivity contribution in [1.29, 1.82) is 0 Å². The molecule has 8 aromatic heterocycles. The highest BCUT2D eigenvalue weighted by Gasteiger charge is 2.27. The number of aryl methyl sites for hydroxylation is 8. The van der Waals surface area contributed by atoms with Crippen LogP contribution in [0.5, 0.6) is 17.2 Å². The van der Waals surface area contributed by atoms with Gasteiger partial charge in [-0.3, -0.25) is 43.2 Å². The standard InChI is InChI=1S/C84H102FN21O19/c1-52-39-55(85)40-53(2)73(52)125-67-16-11-54(84(3,4)116)41-61(67)63-49-105(10)83(115)72-62(63)44-64(93-72)77(109)90-56-12-14-60(15-13-56)124-38-37-123-36-35-122-34-33-121-32-31-120-30-29-119-28-27-118-26-25-117-24-23-106-48-59(98-99-106)45-89-80(112)75-96-68(50-103(75)8)94-70(107)17-19-88-79(111)66-43-58(47-102(66)7)92-82(114)76-97-69(51-104(76)9)95-71(108)18-20-87-78(110)65-42-57(46-101(65)6)91-81(113)74-86-21-22-100(74)5/h11-16,21-22,39-44,46-51,93,116H,17-20,23-38,45H2,1-10H3,(H,87,110)(H,88,111)(H,89,112)(H,90,109)(H,91,113)(H,92,114)(H,94,107)(H,95,108). The number of ether oxygens (including phenoxy) is 9. The van der Waals surface area contributed by atoms with Gasteiger partial charge in [0.25, 0.3) is 41.0 Å². The molecular formula is C84H102FN21O19.